The van der Waals surface area contributed by atoms with Crippen molar-refractivity contribution >= 4 is 22.5 Å². The lowest BCUT2D eigenvalue weighted by Crippen LogP contribution is -2.01. The van der Waals surface area contributed by atoms with Crippen molar-refractivity contribution in [2.24, 2.45) is 5.73 Å². The lowest BCUT2D eigenvalue weighted by Gasteiger charge is -2.03. The van der Waals surface area contributed by atoms with Crippen LogP contribution in [-0.4, -0.2) is 15.3 Å². The highest BCUT2D eigenvalue weighted by molar-refractivity contribution is 6.68. The fraction of sp³-hybridized carbons (Fsp3) is 0.0909. The number of nitrogens with one attached hydrogen (secondary N) is 1. The van der Waals surface area contributed by atoms with Crippen LogP contribution in [0.5, 0.6) is 0 Å². The Morgan fingerprint density at radius 2 is 2.31 bits per heavy atom. The second-order valence-electron chi connectivity index (χ2n) is 3.19. The standard InChI is InChI=1S/C11H12ClN3O/c1-7(11(12)14)5-9(13)10(16)8-3-2-4-15-6-8/h2-6,14,16H,13H2,1H3/b7-5-,10-9+,14-11?. The first-order chi connectivity index (χ1) is 7.52. The molecular weight excluding hydrogens is 226 g/mol. The summed E-state index contributed by atoms with van der Waals surface area (Å²) in [6.07, 6.45) is 4.54. The van der Waals surface area contributed by atoms with E-state index in [2.05, 4.69) is 4.98 Å². The van der Waals surface area contributed by atoms with Crippen molar-refractivity contribution in [1.29, 1.82) is 5.41 Å². The highest BCUT2D eigenvalue weighted by Crippen LogP contribution is 2.14. The van der Waals surface area contributed by atoms with Gasteiger partial charge in [-0.1, -0.05) is 11.6 Å². The van der Waals surface area contributed by atoms with E-state index in [1.54, 1.807) is 25.3 Å². The van der Waals surface area contributed by atoms with Gasteiger partial charge in [-0.2, -0.15) is 0 Å². The van der Waals surface area contributed by atoms with E-state index < -0.39 is 0 Å². The Kier molecular flexibility index (Phi) is 4.08. The number of aromatic nitrogens is 1. The van der Waals surface area contributed by atoms with Gasteiger partial charge in [-0.3, -0.25) is 10.4 Å². The summed E-state index contributed by atoms with van der Waals surface area (Å²) in [6.45, 7) is 1.64. The predicted molar refractivity (Wildman–Crippen MR) is 65.3 cm³/mol. The molecule has 0 unspecified atom stereocenters. The number of hydrogen-bond acceptors (Lipinski definition) is 4. The van der Waals surface area contributed by atoms with Gasteiger partial charge in [0.15, 0.2) is 0 Å². The Hall–Kier alpha value is -1.81. The van der Waals surface area contributed by atoms with Gasteiger partial charge in [-0.05, 0) is 30.7 Å². The second-order valence-corrected chi connectivity index (χ2v) is 3.56. The molecule has 0 fully saturated rings. The molecule has 0 spiro atoms. The molecule has 0 radical (unpaired) electrons. The molecule has 0 aliphatic heterocycles. The summed E-state index contributed by atoms with van der Waals surface area (Å²) >= 11 is 5.47. The molecular formula is C11H12ClN3O. The van der Waals surface area contributed by atoms with Gasteiger partial charge < -0.3 is 10.8 Å². The fourth-order valence-electron chi connectivity index (χ4n) is 1.03. The van der Waals surface area contributed by atoms with E-state index in [-0.39, 0.29) is 16.6 Å². The quantitative estimate of drug-likeness (QED) is 0.429. The van der Waals surface area contributed by atoms with Crippen LogP contribution in [0.4, 0.5) is 0 Å². The van der Waals surface area contributed by atoms with Crippen molar-refractivity contribution in [3.05, 3.63) is 47.4 Å². The molecule has 4 N–H and O–H groups in total. The highest BCUT2D eigenvalue weighted by Gasteiger charge is 2.04. The van der Waals surface area contributed by atoms with Crippen LogP contribution in [0.1, 0.15) is 12.5 Å². The fourth-order valence-corrected chi connectivity index (χ4v) is 1.09. The number of nitrogens with two attached hydrogens (primary N) is 1. The molecule has 1 heterocycles. The van der Waals surface area contributed by atoms with Crippen LogP contribution in [0.3, 0.4) is 0 Å². The smallest absolute Gasteiger partial charge is 0.147 e. The maximum Gasteiger partial charge on any atom is 0.147 e. The lowest BCUT2D eigenvalue weighted by molar-refractivity contribution is 0.507. The van der Waals surface area contributed by atoms with E-state index in [1.807, 2.05) is 0 Å². The highest BCUT2D eigenvalue weighted by atomic mass is 35.5. The lowest BCUT2D eigenvalue weighted by atomic mass is 10.1. The molecule has 4 nitrogen and oxygen atoms in total. The van der Waals surface area contributed by atoms with Crippen molar-refractivity contribution < 1.29 is 5.11 Å². The third-order valence-corrected chi connectivity index (χ3v) is 2.22. The van der Waals surface area contributed by atoms with Crippen molar-refractivity contribution in [2.75, 3.05) is 0 Å². The van der Waals surface area contributed by atoms with Gasteiger partial charge in [0.25, 0.3) is 0 Å². The van der Waals surface area contributed by atoms with E-state index in [4.69, 9.17) is 22.7 Å². The molecule has 1 aromatic heterocycles. The first kappa shape index (κ1) is 12.3. The van der Waals surface area contributed by atoms with Gasteiger partial charge in [-0.15, -0.1) is 0 Å². The average Bonchev–Trinajstić information content (AvgIpc) is 2.28. The number of halogens is 1. The van der Waals surface area contributed by atoms with Crippen LogP contribution in [0.15, 0.2) is 41.9 Å². The number of aliphatic hydroxyl groups is 1. The number of allylic oxidation sites excluding steroid dienone is 2. The van der Waals surface area contributed by atoms with E-state index in [1.165, 1.54) is 12.3 Å². The van der Waals surface area contributed by atoms with E-state index in [9.17, 15) is 5.11 Å². The van der Waals surface area contributed by atoms with Crippen molar-refractivity contribution in [3.8, 4) is 0 Å². The molecule has 0 saturated carbocycles. The van der Waals surface area contributed by atoms with E-state index in [0.717, 1.165) is 0 Å². The topological polar surface area (TPSA) is 83.0 Å². The monoisotopic (exact) mass is 237 g/mol. The summed E-state index contributed by atoms with van der Waals surface area (Å²) in [7, 11) is 0. The number of rotatable bonds is 3. The molecule has 16 heavy (non-hydrogen) atoms. The van der Waals surface area contributed by atoms with Gasteiger partial charge in [-0.25, -0.2) is 0 Å². The predicted octanol–water partition coefficient (Wildman–Crippen LogP) is 2.43. The van der Waals surface area contributed by atoms with Crippen molar-refractivity contribution in [3.63, 3.8) is 0 Å². The third-order valence-electron chi connectivity index (χ3n) is 1.93. The first-order valence-electron chi connectivity index (χ1n) is 4.54. The van der Waals surface area contributed by atoms with Crippen LogP contribution in [0.25, 0.3) is 5.76 Å². The Morgan fingerprint density at radius 3 is 2.81 bits per heavy atom. The van der Waals surface area contributed by atoms with Crippen LogP contribution >= 0.6 is 11.6 Å². The number of hydrogen-bond donors (Lipinski definition) is 3. The molecule has 1 rings (SSSR count). The zero-order valence-electron chi connectivity index (χ0n) is 8.74. The van der Waals surface area contributed by atoms with Crippen LogP contribution in [-0.2, 0) is 0 Å². The maximum absolute atomic E-state index is 9.78. The molecule has 0 amide bonds. The van der Waals surface area contributed by atoms with Gasteiger partial charge in [0.2, 0.25) is 0 Å². The van der Waals surface area contributed by atoms with Crippen molar-refractivity contribution in [2.45, 2.75) is 6.92 Å². The largest absolute Gasteiger partial charge is 0.505 e. The summed E-state index contributed by atoms with van der Waals surface area (Å²) in [6, 6.07) is 3.38. The Labute approximate surface area is 98.6 Å². The van der Waals surface area contributed by atoms with E-state index in [0.29, 0.717) is 11.1 Å². The first-order valence-corrected chi connectivity index (χ1v) is 4.92. The molecule has 0 aromatic carbocycles. The summed E-state index contributed by atoms with van der Waals surface area (Å²) < 4.78 is 0. The van der Waals surface area contributed by atoms with Gasteiger partial charge >= 0.3 is 0 Å². The Bertz CT molecular complexity index is 452. The molecule has 84 valence electrons. The van der Waals surface area contributed by atoms with Crippen molar-refractivity contribution in [1.82, 2.24) is 4.98 Å². The number of nitrogens with zero attached hydrogens (tertiary/aromatic N) is 1. The SMILES string of the molecule is C/C(=C/C(N)=C(\O)c1cccnc1)C(=N)Cl. The zero-order valence-corrected chi connectivity index (χ0v) is 9.49. The maximum atomic E-state index is 9.78. The molecule has 0 aliphatic rings. The normalized spacial score (nSPS) is 13.2. The Balaban J connectivity index is 3.07. The number of aliphatic hydroxyl groups excluding tert-OH is 1. The van der Waals surface area contributed by atoms with E-state index >= 15 is 0 Å². The van der Waals surface area contributed by atoms with Crippen LogP contribution < -0.4 is 5.73 Å². The van der Waals surface area contributed by atoms with Crippen LogP contribution in [0, 0.1) is 5.41 Å². The molecule has 0 saturated heterocycles. The van der Waals surface area contributed by atoms with Crippen LogP contribution in [0.2, 0.25) is 0 Å². The molecule has 0 aliphatic carbocycles. The van der Waals surface area contributed by atoms with Gasteiger partial charge in [0.1, 0.15) is 10.9 Å². The minimum atomic E-state index is -0.109. The molecule has 1 aromatic rings. The minimum absolute atomic E-state index is 0.0784. The van der Waals surface area contributed by atoms with Gasteiger partial charge in [0.05, 0.1) is 5.70 Å². The average molecular weight is 238 g/mol. The third kappa shape index (κ3) is 3.10. The minimum Gasteiger partial charge on any atom is -0.505 e. The second kappa shape index (κ2) is 5.32. The molecule has 0 bridgehead atoms. The summed E-state index contributed by atoms with van der Waals surface area (Å²) in [5.74, 6) is -0.0784. The zero-order chi connectivity index (χ0) is 12.1. The summed E-state index contributed by atoms with van der Waals surface area (Å²) in [5.41, 5.74) is 6.81. The molecule has 0 atom stereocenters. The summed E-state index contributed by atoms with van der Waals surface area (Å²) in [4.78, 5) is 3.86. The Morgan fingerprint density at radius 1 is 1.62 bits per heavy atom. The number of pyridine rings is 1. The molecule has 5 heteroatoms. The van der Waals surface area contributed by atoms with Gasteiger partial charge in [0, 0.05) is 18.0 Å². The summed E-state index contributed by atoms with van der Waals surface area (Å²) in [5, 5.41) is 16.8.